The van der Waals surface area contributed by atoms with E-state index in [2.05, 4.69) is 5.32 Å². The van der Waals surface area contributed by atoms with Gasteiger partial charge in [0.25, 0.3) is 5.91 Å². The standard InChI is InChI=1S/C10H13FN2O2/c1-6(5-14)13-10(15)7-2-3-9(12)8(11)4-7/h2-4,6,14H,5,12H2,1H3,(H,13,15)/t6-/m0/s1. The third-order valence-electron chi connectivity index (χ3n) is 1.91. The van der Waals surface area contributed by atoms with Crippen LogP contribution in [0.2, 0.25) is 0 Å². The number of amides is 1. The van der Waals surface area contributed by atoms with Crippen LogP contribution in [0.3, 0.4) is 0 Å². The second kappa shape index (κ2) is 4.75. The van der Waals surface area contributed by atoms with Crippen LogP contribution >= 0.6 is 0 Å². The summed E-state index contributed by atoms with van der Waals surface area (Å²) in [6.07, 6.45) is 0. The summed E-state index contributed by atoms with van der Waals surface area (Å²) in [5, 5.41) is 11.2. The van der Waals surface area contributed by atoms with Crippen molar-refractivity contribution in [2.45, 2.75) is 13.0 Å². The number of carbonyl (C=O) groups is 1. The van der Waals surface area contributed by atoms with Crippen molar-refractivity contribution in [2.75, 3.05) is 12.3 Å². The topological polar surface area (TPSA) is 75.3 Å². The van der Waals surface area contributed by atoms with Crippen molar-refractivity contribution >= 4 is 11.6 Å². The molecule has 1 rings (SSSR count). The van der Waals surface area contributed by atoms with Gasteiger partial charge in [0, 0.05) is 11.6 Å². The van der Waals surface area contributed by atoms with Crippen molar-refractivity contribution in [2.24, 2.45) is 0 Å². The normalized spacial score (nSPS) is 12.2. The van der Waals surface area contributed by atoms with Gasteiger partial charge in [-0.15, -0.1) is 0 Å². The van der Waals surface area contributed by atoms with Crippen LogP contribution in [0, 0.1) is 5.82 Å². The Morgan fingerprint density at radius 1 is 1.67 bits per heavy atom. The molecule has 82 valence electrons. The summed E-state index contributed by atoms with van der Waals surface area (Å²) in [4.78, 5) is 11.4. The molecule has 4 N–H and O–H groups in total. The predicted octanol–water partition coefficient (Wildman–Crippen LogP) is 0.519. The van der Waals surface area contributed by atoms with Crippen LogP contribution in [0.5, 0.6) is 0 Å². The maximum atomic E-state index is 13.0. The number of rotatable bonds is 3. The summed E-state index contributed by atoms with van der Waals surface area (Å²) in [5.41, 5.74) is 5.45. The number of aliphatic hydroxyl groups excluding tert-OH is 1. The highest BCUT2D eigenvalue weighted by Gasteiger charge is 2.10. The first kappa shape index (κ1) is 11.5. The maximum absolute atomic E-state index is 13.0. The molecule has 0 fully saturated rings. The lowest BCUT2D eigenvalue weighted by atomic mass is 10.2. The molecule has 1 aromatic carbocycles. The highest BCUT2D eigenvalue weighted by molar-refractivity contribution is 5.94. The van der Waals surface area contributed by atoms with E-state index in [1.54, 1.807) is 6.92 Å². The molecule has 5 heteroatoms. The molecule has 1 atom stereocenters. The van der Waals surface area contributed by atoms with Crippen LogP contribution in [-0.4, -0.2) is 23.7 Å². The number of nitrogens with one attached hydrogen (secondary N) is 1. The number of hydrogen-bond acceptors (Lipinski definition) is 3. The van der Waals surface area contributed by atoms with Gasteiger partial charge in [0.1, 0.15) is 5.82 Å². The van der Waals surface area contributed by atoms with Crippen LogP contribution in [-0.2, 0) is 0 Å². The fourth-order valence-electron chi connectivity index (χ4n) is 1.02. The zero-order valence-corrected chi connectivity index (χ0v) is 8.33. The van der Waals surface area contributed by atoms with Crippen molar-refractivity contribution < 1.29 is 14.3 Å². The molecule has 0 heterocycles. The number of aliphatic hydroxyl groups is 1. The van der Waals surface area contributed by atoms with Crippen molar-refractivity contribution in [3.8, 4) is 0 Å². The zero-order valence-electron chi connectivity index (χ0n) is 8.33. The molecule has 0 radical (unpaired) electrons. The monoisotopic (exact) mass is 212 g/mol. The minimum absolute atomic E-state index is 0.00163. The fourth-order valence-corrected chi connectivity index (χ4v) is 1.02. The zero-order chi connectivity index (χ0) is 11.4. The van der Waals surface area contributed by atoms with E-state index >= 15 is 0 Å². The van der Waals surface area contributed by atoms with E-state index in [1.165, 1.54) is 12.1 Å². The van der Waals surface area contributed by atoms with Gasteiger partial charge in [0.05, 0.1) is 12.3 Å². The number of anilines is 1. The number of hydrogen-bond donors (Lipinski definition) is 3. The summed E-state index contributed by atoms with van der Waals surface area (Å²) in [6.45, 7) is 1.48. The Kier molecular flexibility index (Phi) is 3.62. The van der Waals surface area contributed by atoms with Crippen molar-refractivity contribution in [1.29, 1.82) is 0 Å². The first-order valence-corrected chi connectivity index (χ1v) is 4.51. The maximum Gasteiger partial charge on any atom is 0.251 e. The fraction of sp³-hybridized carbons (Fsp3) is 0.300. The molecule has 1 aromatic rings. The molecule has 0 spiro atoms. The second-order valence-corrected chi connectivity index (χ2v) is 3.29. The molecule has 4 nitrogen and oxygen atoms in total. The van der Waals surface area contributed by atoms with Crippen molar-refractivity contribution in [3.63, 3.8) is 0 Å². The van der Waals surface area contributed by atoms with E-state index in [4.69, 9.17) is 10.8 Å². The first-order chi connectivity index (χ1) is 7.04. The molecule has 1 amide bonds. The van der Waals surface area contributed by atoms with Crippen LogP contribution in [0.4, 0.5) is 10.1 Å². The molecule has 0 aliphatic rings. The Labute approximate surface area is 86.9 Å². The Morgan fingerprint density at radius 2 is 2.33 bits per heavy atom. The molecule has 0 unspecified atom stereocenters. The predicted molar refractivity (Wildman–Crippen MR) is 54.8 cm³/mol. The van der Waals surface area contributed by atoms with Crippen LogP contribution in [0.25, 0.3) is 0 Å². The van der Waals surface area contributed by atoms with E-state index in [0.717, 1.165) is 6.07 Å². The molecule has 0 bridgehead atoms. The molecule has 0 aliphatic heterocycles. The summed E-state index contributed by atoms with van der Waals surface area (Å²) in [5.74, 6) is -1.06. The summed E-state index contributed by atoms with van der Waals surface area (Å²) >= 11 is 0. The third-order valence-corrected chi connectivity index (χ3v) is 1.91. The lowest BCUT2D eigenvalue weighted by Crippen LogP contribution is -2.35. The van der Waals surface area contributed by atoms with E-state index in [1.807, 2.05) is 0 Å². The lowest BCUT2D eigenvalue weighted by Gasteiger charge is -2.10. The largest absolute Gasteiger partial charge is 0.396 e. The van der Waals surface area contributed by atoms with Gasteiger partial charge < -0.3 is 16.2 Å². The van der Waals surface area contributed by atoms with Gasteiger partial charge in [-0.25, -0.2) is 4.39 Å². The minimum atomic E-state index is -0.626. The third kappa shape index (κ3) is 2.92. The van der Waals surface area contributed by atoms with E-state index in [-0.39, 0.29) is 23.9 Å². The van der Waals surface area contributed by atoms with E-state index in [9.17, 15) is 9.18 Å². The van der Waals surface area contributed by atoms with Crippen molar-refractivity contribution in [1.82, 2.24) is 5.32 Å². The van der Waals surface area contributed by atoms with Gasteiger partial charge >= 0.3 is 0 Å². The van der Waals surface area contributed by atoms with Gasteiger partial charge in [-0.1, -0.05) is 0 Å². The number of benzene rings is 1. The number of nitrogens with two attached hydrogens (primary N) is 1. The smallest absolute Gasteiger partial charge is 0.251 e. The average Bonchev–Trinajstić information content (AvgIpc) is 2.21. The number of nitrogen functional groups attached to an aromatic ring is 1. The van der Waals surface area contributed by atoms with Gasteiger partial charge in [-0.05, 0) is 25.1 Å². The molecule has 0 aromatic heterocycles. The number of carbonyl (C=O) groups excluding carboxylic acids is 1. The SMILES string of the molecule is C[C@@H](CO)NC(=O)c1ccc(N)c(F)c1. The van der Waals surface area contributed by atoms with E-state index < -0.39 is 11.7 Å². The molecule has 0 saturated heterocycles. The molecule has 0 aliphatic carbocycles. The molecular weight excluding hydrogens is 199 g/mol. The quantitative estimate of drug-likeness (QED) is 0.639. The van der Waals surface area contributed by atoms with Gasteiger partial charge in [0.2, 0.25) is 0 Å². The summed E-state index contributed by atoms with van der Waals surface area (Å²) < 4.78 is 13.0. The van der Waals surface area contributed by atoms with E-state index in [0.29, 0.717) is 0 Å². The molecular formula is C10H13FN2O2. The Balaban J connectivity index is 2.78. The Bertz CT molecular complexity index is 368. The minimum Gasteiger partial charge on any atom is -0.396 e. The molecule has 0 saturated carbocycles. The van der Waals surface area contributed by atoms with Gasteiger partial charge in [-0.3, -0.25) is 4.79 Å². The lowest BCUT2D eigenvalue weighted by molar-refractivity contribution is 0.0922. The van der Waals surface area contributed by atoms with Crippen LogP contribution in [0.1, 0.15) is 17.3 Å². The van der Waals surface area contributed by atoms with Gasteiger partial charge in [-0.2, -0.15) is 0 Å². The second-order valence-electron chi connectivity index (χ2n) is 3.29. The van der Waals surface area contributed by atoms with Gasteiger partial charge in [0.15, 0.2) is 0 Å². The highest BCUT2D eigenvalue weighted by atomic mass is 19.1. The summed E-state index contributed by atoms with van der Waals surface area (Å²) in [7, 11) is 0. The average molecular weight is 212 g/mol. The van der Waals surface area contributed by atoms with Crippen LogP contribution < -0.4 is 11.1 Å². The molecule has 15 heavy (non-hydrogen) atoms. The Hall–Kier alpha value is -1.62. The first-order valence-electron chi connectivity index (χ1n) is 4.51. The summed E-state index contributed by atoms with van der Waals surface area (Å²) in [6, 6.07) is 3.46. The Morgan fingerprint density at radius 3 is 2.87 bits per heavy atom. The highest BCUT2D eigenvalue weighted by Crippen LogP contribution is 2.11. The van der Waals surface area contributed by atoms with Crippen LogP contribution in [0.15, 0.2) is 18.2 Å². The van der Waals surface area contributed by atoms with Crippen molar-refractivity contribution in [3.05, 3.63) is 29.6 Å². The number of halogens is 1.